The van der Waals surface area contributed by atoms with Crippen LogP contribution in [-0.4, -0.2) is 27.2 Å². The first kappa shape index (κ1) is 13.2. The summed E-state index contributed by atoms with van der Waals surface area (Å²) in [7, 11) is 0. The molecular weight excluding hydrogens is 242 g/mol. The highest BCUT2D eigenvalue weighted by atomic mass is 16.2. The minimum Gasteiger partial charge on any atom is -0.352 e. The van der Waals surface area contributed by atoms with Crippen LogP contribution < -0.4 is 11.1 Å². The third-order valence-corrected chi connectivity index (χ3v) is 2.94. The zero-order chi connectivity index (χ0) is 13.7. The molecule has 1 heterocycles. The number of hydrogen-bond acceptors (Lipinski definition) is 4. The Kier molecular flexibility index (Phi) is 4.25. The molecule has 0 radical (unpaired) electrons. The fourth-order valence-corrected chi connectivity index (χ4v) is 1.71. The maximum absolute atomic E-state index is 11.9. The molecule has 2 rings (SSSR count). The van der Waals surface area contributed by atoms with Crippen LogP contribution in [-0.2, 0) is 4.79 Å². The van der Waals surface area contributed by atoms with Gasteiger partial charge in [0.1, 0.15) is 18.7 Å². The van der Waals surface area contributed by atoms with Crippen molar-refractivity contribution in [2.75, 3.05) is 6.54 Å². The lowest BCUT2D eigenvalue weighted by molar-refractivity contribution is -0.124. The van der Waals surface area contributed by atoms with E-state index < -0.39 is 6.04 Å². The SMILES string of the molecule is CC(C(=O)NCC(N)c1ccccc1)n1cncn1. The average Bonchev–Trinajstić information content (AvgIpc) is 2.98. The van der Waals surface area contributed by atoms with Gasteiger partial charge in [0.2, 0.25) is 5.91 Å². The number of carbonyl (C=O) groups excluding carboxylic acids is 1. The van der Waals surface area contributed by atoms with E-state index in [4.69, 9.17) is 5.73 Å². The van der Waals surface area contributed by atoms with Crippen molar-refractivity contribution >= 4 is 5.91 Å². The lowest BCUT2D eigenvalue weighted by Crippen LogP contribution is -2.36. The third-order valence-electron chi connectivity index (χ3n) is 2.94. The third kappa shape index (κ3) is 3.38. The predicted octanol–water partition coefficient (Wildman–Crippen LogP) is 0.655. The maximum atomic E-state index is 11.9. The topological polar surface area (TPSA) is 85.8 Å². The van der Waals surface area contributed by atoms with Crippen LogP contribution in [0.3, 0.4) is 0 Å². The van der Waals surface area contributed by atoms with Crippen molar-refractivity contribution in [2.24, 2.45) is 5.73 Å². The van der Waals surface area contributed by atoms with E-state index in [9.17, 15) is 4.79 Å². The monoisotopic (exact) mass is 259 g/mol. The maximum Gasteiger partial charge on any atom is 0.244 e. The summed E-state index contributed by atoms with van der Waals surface area (Å²) in [6.07, 6.45) is 2.92. The molecule has 1 aromatic carbocycles. The van der Waals surface area contributed by atoms with Crippen molar-refractivity contribution in [3.63, 3.8) is 0 Å². The standard InChI is InChI=1S/C13H17N5O/c1-10(18-9-15-8-17-18)13(19)16-7-12(14)11-5-3-2-4-6-11/h2-6,8-10,12H,7,14H2,1H3,(H,16,19). The number of benzene rings is 1. The van der Waals surface area contributed by atoms with E-state index in [1.165, 1.54) is 17.3 Å². The van der Waals surface area contributed by atoms with Crippen molar-refractivity contribution in [1.82, 2.24) is 20.1 Å². The van der Waals surface area contributed by atoms with Crippen LogP contribution in [0.5, 0.6) is 0 Å². The molecule has 0 aliphatic rings. The number of carbonyl (C=O) groups is 1. The van der Waals surface area contributed by atoms with Crippen molar-refractivity contribution in [1.29, 1.82) is 0 Å². The Labute approximate surface area is 111 Å². The van der Waals surface area contributed by atoms with Crippen LogP contribution in [0.25, 0.3) is 0 Å². The Balaban J connectivity index is 1.87. The summed E-state index contributed by atoms with van der Waals surface area (Å²) < 4.78 is 1.50. The van der Waals surface area contributed by atoms with Gasteiger partial charge in [0.05, 0.1) is 0 Å². The fourth-order valence-electron chi connectivity index (χ4n) is 1.71. The number of amides is 1. The van der Waals surface area contributed by atoms with Gasteiger partial charge in [0, 0.05) is 12.6 Å². The Hall–Kier alpha value is -2.21. The summed E-state index contributed by atoms with van der Waals surface area (Å²) in [5.41, 5.74) is 7.01. The fraction of sp³-hybridized carbons (Fsp3) is 0.308. The van der Waals surface area contributed by atoms with Crippen LogP contribution in [0.2, 0.25) is 0 Å². The molecule has 1 aromatic heterocycles. The Morgan fingerprint density at radius 2 is 2.16 bits per heavy atom. The molecule has 3 N–H and O–H groups in total. The molecule has 2 aromatic rings. The van der Waals surface area contributed by atoms with Crippen molar-refractivity contribution in [3.05, 3.63) is 48.5 Å². The van der Waals surface area contributed by atoms with E-state index >= 15 is 0 Å². The van der Waals surface area contributed by atoms with Gasteiger partial charge in [-0.15, -0.1) is 0 Å². The Morgan fingerprint density at radius 1 is 1.42 bits per heavy atom. The molecule has 0 aliphatic carbocycles. The van der Waals surface area contributed by atoms with Crippen molar-refractivity contribution < 1.29 is 4.79 Å². The van der Waals surface area contributed by atoms with E-state index in [0.717, 1.165) is 5.56 Å². The predicted molar refractivity (Wildman–Crippen MR) is 71.1 cm³/mol. The second-order valence-electron chi connectivity index (χ2n) is 4.31. The molecule has 100 valence electrons. The summed E-state index contributed by atoms with van der Waals surface area (Å²) in [6.45, 7) is 2.15. The molecule has 19 heavy (non-hydrogen) atoms. The summed E-state index contributed by atoms with van der Waals surface area (Å²) in [5, 5.41) is 6.75. The van der Waals surface area contributed by atoms with Gasteiger partial charge in [-0.3, -0.25) is 4.79 Å². The zero-order valence-corrected chi connectivity index (χ0v) is 10.7. The van der Waals surface area contributed by atoms with Crippen molar-refractivity contribution in [3.8, 4) is 0 Å². The van der Waals surface area contributed by atoms with Gasteiger partial charge in [-0.1, -0.05) is 30.3 Å². The van der Waals surface area contributed by atoms with Gasteiger partial charge in [0.15, 0.2) is 0 Å². The van der Waals surface area contributed by atoms with Gasteiger partial charge >= 0.3 is 0 Å². The first-order chi connectivity index (χ1) is 9.18. The van der Waals surface area contributed by atoms with Crippen molar-refractivity contribution in [2.45, 2.75) is 19.0 Å². The molecule has 6 nitrogen and oxygen atoms in total. The number of nitrogens with one attached hydrogen (secondary N) is 1. The molecule has 0 spiro atoms. The van der Waals surface area contributed by atoms with E-state index in [1.54, 1.807) is 6.92 Å². The molecule has 2 atom stereocenters. The van der Waals surface area contributed by atoms with Crippen LogP contribution >= 0.6 is 0 Å². The Morgan fingerprint density at radius 3 is 2.79 bits per heavy atom. The second-order valence-corrected chi connectivity index (χ2v) is 4.31. The quantitative estimate of drug-likeness (QED) is 0.825. The summed E-state index contributed by atoms with van der Waals surface area (Å²) in [6, 6.07) is 9.06. The van der Waals surface area contributed by atoms with Gasteiger partial charge < -0.3 is 11.1 Å². The van der Waals surface area contributed by atoms with Crippen LogP contribution in [0.1, 0.15) is 24.6 Å². The largest absolute Gasteiger partial charge is 0.352 e. The lowest BCUT2D eigenvalue weighted by Gasteiger charge is -2.16. The molecule has 0 aliphatic heterocycles. The van der Waals surface area contributed by atoms with E-state index in [0.29, 0.717) is 6.54 Å². The van der Waals surface area contributed by atoms with Gasteiger partial charge in [-0.05, 0) is 12.5 Å². The minimum atomic E-state index is -0.398. The zero-order valence-electron chi connectivity index (χ0n) is 10.7. The summed E-state index contributed by atoms with van der Waals surface area (Å²) in [5.74, 6) is -0.128. The second kappa shape index (κ2) is 6.10. The first-order valence-corrected chi connectivity index (χ1v) is 6.11. The molecular formula is C13H17N5O. The van der Waals surface area contributed by atoms with E-state index in [-0.39, 0.29) is 11.9 Å². The molecule has 0 saturated carbocycles. The summed E-state index contributed by atoms with van der Waals surface area (Å²) >= 11 is 0. The molecule has 0 saturated heterocycles. The first-order valence-electron chi connectivity index (χ1n) is 6.11. The van der Waals surface area contributed by atoms with Crippen LogP contribution in [0.4, 0.5) is 0 Å². The molecule has 6 heteroatoms. The average molecular weight is 259 g/mol. The summed E-state index contributed by atoms with van der Waals surface area (Å²) in [4.78, 5) is 15.7. The number of aromatic nitrogens is 3. The number of nitrogens with two attached hydrogens (primary N) is 1. The van der Waals surface area contributed by atoms with E-state index in [2.05, 4.69) is 15.4 Å². The molecule has 2 unspecified atom stereocenters. The Bertz CT molecular complexity index is 511. The highest BCUT2D eigenvalue weighted by Gasteiger charge is 2.16. The van der Waals surface area contributed by atoms with Gasteiger partial charge in [-0.25, -0.2) is 9.67 Å². The number of hydrogen-bond donors (Lipinski definition) is 2. The lowest BCUT2D eigenvalue weighted by atomic mass is 10.1. The molecule has 0 fully saturated rings. The highest BCUT2D eigenvalue weighted by molar-refractivity contribution is 5.79. The minimum absolute atomic E-state index is 0.128. The highest BCUT2D eigenvalue weighted by Crippen LogP contribution is 2.09. The van der Waals surface area contributed by atoms with Crippen LogP contribution in [0, 0.1) is 0 Å². The van der Waals surface area contributed by atoms with Crippen LogP contribution in [0.15, 0.2) is 43.0 Å². The normalized spacial score (nSPS) is 13.8. The van der Waals surface area contributed by atoms with Gasteiger partial charge in [-0.2, -0.15) is 5.10 Å². The van der Waals surface area contributed by atoms with Gasteiger partial charge in [0.25, 0.3) is 0 Å². The number of rotatable bonds is 5. The molecule has 1 amide bonds. The molecule has 0 bridgehead atoms. The smallest absolute Gasteiger partial charge is 0.244 e. The number of nitrogens with zero attached hydrogens (tertiary/aromatic N) is 3. The van der Waals surface area contributed by atoms with E-state index in [1.807, 2.05) is 30.3 Å².